The maximum atomic E-state index is 11.7. The van der Waals surface area contributed by atoms with Crippen molar-refractivity contribution in [3.63, 3.8) is 0 Å². The Labute approximate surface area is 105 Å². The zero-order chi connectivity index (χ0) is 12.7. The first kappa shape index (κ1) is 13.6. The lowest BCUT2D eigenvalue weighted by molar-refractivity contribution is -0.117. The molecule has 17 heavy (non-hydrogen) atoms. The topological polar surface area (TPSA) is 82.2 Å². The minimum atomic E-state index is -0.108. The van der Waals surface area contributed by atoms with Crippen molar-refractivity contribution in [1.29, 1.82) is 5.26 Å². The molecule has 0 saturated carbocycles. The summed E-state index contributed by atoms with van der Waals surface area (Å²) in [4.78, 5) is 13.6. The standard InChI is InChI=1S/C11H16N4OS/c1-15(5-2-4-12)8-10(16)14-11-9(7-13)3-6-17-11/h3,6H,2,4-5,8,12H2,1H3,(H,14,16). The normalized spacial score (nSPS) is 10.2. The number of nitriles is 1. The number of amides is 1. The molecule has 0 spiro atoms. The second kappa shape index (κ2) is 7.01. The average molecular weight is 252 g/mol. The first-order valence-corrected chi connectivity index (χ1v) is 6.21. The number of nitrogens with two attached hydrogens (primary N) is 1. The molecule has 0 aliphatic heterocycles. The molecule has 0 atom stereocenters. The molecule has 1 heterocycles. The Bertz CT molecular complexity index is 410. The van der Waals surface area contributed by atoms with Gasteiger partial charge in [0.05, 0.1) is 12.1 Å². The van der Waals surface area contributed by atoms with Gasteiger partial charge < -0.3 is 11.1 Å². The third kappa shape index (κ3) is 4.53. The summed E-state index contributed by atoms with van der Waals surface area (Å²) in [6, 6.07) is 3.73. The largest absolute Gasteiger partial charge is 0.330 e. The Morgan fingerprint density at radius 2 is 2.47 bits per heavy atom. The molecule has 0 bridgehead atoms. The fourth-order valence-electron chi connectivity index (χ4n) is 1.35. The fourth-order valence-corrected chi connectivity index (χ4v) is 2.10. The van der Waals surface area contributed by atoms with Gasteiger partial charge in [0, 0.05) is 0 Å². The van der Waals surface area contributed by atoms with Crippen LogP contribution in [-0.2, 0) is 4.79 Å². The maximum Gasteiger partial charge on any atom is 0.239 e. The number of nitrogens with zero attached hydrogens (tertiary/aromatic N) is 2. The molecule has 0 unspecified atom stereocenters. The molecule has 1 amide bonds. The number of thiophene rings is 1. The average Bonchev–Trinajstić information content (AvgIpc) is 2.73. The summed E-state index contributed by atoms with van der Waals surface area (Å²) < 4.78 is 0. The van der Waals surface area contributed by atoms with Gasteiger partial charge in [-0.15, -0.1) is 11.3 Å². The Balaban J connectivity index is 2.42. The highest BCUT2D eigenvalue weighted by molar-refractivity contribution is 7.14. The van der Waals surface area contributed by atoms with Gasteiger partial charge >= 0.3 is 0 Å². The van der Waals surface area contributed by atoms with Gasteiger partial charge in [-0.1, -0.05) is 0 Å². The zero-order valence-electron chi connectivity index (χ0n) is 9.77. The monoisotopic (exact) mass is 252 g/mol. The number of hydrogen-bond acceptors (Lipinski definition) is 5. The number of anilines is 1. The first-order chi connectivity index (χ1) is 8.17. The smallest absolute Gasteiger partial charge is 0.239 e. The van der Waals surface area contributed by atoms with Crippen molar-refractivity contribution < 1.29 is 4.79 Å². The summed E-state index contributed by atoms with van der Waals surface area (Å²) in [5, 5.41) is 13.9. The molecule has 6 heteroatoms. The number of carbonyl (C=O) groups excluding carboxylic acids is 1. The summed E-state index contributed by atoms with van der Waals surface area (Å²) in [6.45, 7) is 1.72. The Hall–Kier alpha value is -1.42. The van der Waals surface area contributed by atoms with Gasteiger partial charge in [0.25, 0.3) is 0 Å². The van der Waals surface area contributed by atoms with Crippen molar-refractivity contribution in [3.8, 4) is 6.07 Å². The number of nitrogens with one attached hydrogen (secondary N) is 1. The van der Waals surface area contributed by atoms with Crippen molar-refractivity contribution in [3.05, 3.63) is 17.0 Å². The van der Waals surface area contributed by atoms with E-state index >= 15 is 0 Å². The molecule has 1 aromatic rings. The molecule has 5 nitrogen and oxygen atoms in total. The predicted molar refractivity (Wildman–Crippen MR) is 68.8 cm³/mol. The second-order valence-corrected chi connectivity index (χ2v) is 4.62. The fraction of sp³-hybridized carbons (Fsp3) is 0.455. The SMILES string of the molecule is CN(CCCN)CC(=O)Nc1sccc1C#N. The van der Waals surface area contributed by atoms with Crippen LogP contribution in [0.2, 0.25) is 0 Å². The summed E-state index contributed by atoms with van der Waals surface area (Å²) in [6.07, 6.45) is 0.867. The predicted octanol–water partition coefficient (Wildman–Crippen LogP) is 0.839. The molecule has 0 radical (unpaired) electrons. The molecule has 3 N–H and O–H groups in total. The van der Waals surface area contributed by atoms with E-state index in [0.717, 1.165) is 13.0 Å². The second-order valence-electron chi connectivity index (χ2n) is 3.70. The molecule has 0 aromatic carbocycles. The van der Waals surface area contributed by atoms with E-state index in [2.05, 4.69) is 5.32 Å². The highest BCUT2D eigenvalue weighted by Crippen LogP contribution is 2.21. The number of likely N-dealkylation sites (N-methyl/N-ethyl adjacent to an activating group) is 1. The highest BCUT2D eigenvalue weighted by atomic mass is 32.1. The first-order valence-electron chi connectivity index (χ1n) is 5.33. The van der Waals surface area contributed by atoms with Crippen LogP contribution < -0.4 is 11.1 Å². The van der Waals surface area contributed by atoms with Crippen LogP contribution in [0.5, 0.6) is 0 Å². The summed E-state index contributed by atoms with van der Waals surface area (Å²) >= 11 is 1.35. The van der Waals surface area contributed by atoms with E-state index in [1.165, 1.54) is 11.3 Å². The third-order valence-corrected chi connectivity index (χ3v) is 3.03. The van der Waals surface area contributed by atoms with Gasteiger partial charge in [-0.25, -0.2) is 0 Å². The van der Waals surface area contributed by atoms with Crippen LogP contribution >= 0.6 is 11.3 Å². The molecular weight excluding hydrogens is 236 g/mol. The lowest BCUT2D eigenvalue weighted by Gasteiger charge is -2.15. The van der Waals surface area contributed by atoms with Crippen LogP contribution in [0, 0.1) is 11.3 Å². The van der Waals surface area contributed by atoms with E-state index in [1.807, 2.05) is 18.0 Å². The van der Waals surface area contributed by atoms with Crippen molar-refractivity contribution in [2.24, 2.45) is 5.73 Å². The van der Waals surface area contributed by atoms with E-state index < -0.39 is 0 Å². The number of carbonyl (C=O) groups is 1. The van der Waals surface area contributed by atoms with Crippen molar-refractivity contribution in [1.82, 2.24) is 4.90 Å². The van der Waals surface area contributed by atoms with E-state index in [4.69, 9.17) is 11.0 Å². The number of hydrogen-bond donors (Lipinski definition) is 2. The summed E-state index contributed by atoms with van der Waals surface area (Å²) in [5.74, 6) is -0.108. The van der Waals surface area contributed by atoms with Crippen LogP contribution in [0.3, 0.4) is 0 Å². The molecular formula is C11H16N4OS. The summed E-state index contributed by atoms with van der Waals surface area (Å²) in [5.41, 5.74) is 5.90. The van der Waals surface area contributed by atoms with Crippen molar-refractivity contribution in [2.45, 2.75) is 6.42 Å². The van der Waals surface area contributed by atoms with Crippen LogP contribution in [0.25, 0.3) is 0 Å². The van der Waals surface area contributed by atoms with E-state index in [1.54, 1.807) is 11.4 Å². The molecule has 0 saturated heterocycles. The third-order valence-electron chi connectivity index (χ3n) is 2.20. The minimum absolute atomic E-state index is 0.108. The van der Waals surface area contributed by atoms with E-state index in [-0.39, 0.29) is 5.91 Å². The molecule has 1 aromatic heterocycles. The number of rotatable bonds is 6. The molecule has 1 rings (SSSR count). The molecule has 0 aliphatic carbocycles. The van der Waals surface area contributed by atoms with Crippen molar-refractivity contribution in [2.75, 3.05) is 32.0 Å². The van der Waals surface area contributed by atoms with Gasteiger partial charge in [0.15, 0.2) is 0 Å². The van der Waals surface area contributed by atoms with Gasteiger partial charge in [0.2, 0.25) is 5.91 Å². The Kier molecular flexibility index (Phi) is 5.63. The minimum Gasteiger partial charge on any atom is -0.330 e. The van der Waals surface area contributed by atoms with Crippen molar-refractivity contribution >= 4 is 22.2 Å². The van der Waals surface area contributed by atoms with Crippen LogP contribution in [0.4, 0.5) is 5.00 Å². The molecule has 0 aliphatic rings. The lowest BCUT2D eigenvalue weighted by atomic mass is 10.3. The van der Waals surface area contributed by atoms with E-state index in [0.29, 0.717) is 23.7 Å². The van der Waals surface area contributed by atoms with Gasteiger partial charge in [-0.2, -0.15) is 5.26 Å². The Morgan fingerprint density at radius 3 is 3.12 bits per heavy atom. The lowest BCUT2D eigenvalue weighted by Crippen LogP contribution is -2.31. The van der Waals surface area contributed by atoms with Crippen LogP contribution in [-0.4, -0.2) is 37.5 Å². The highest BCUT2D eigenvalue weighted by Gasteiger charge is 2.10. The van der Waals surface area contributed by atoms with Crippen LogP contribution in [0.1, 0.15) is 12.0 Å². The maximum absolute atomic E-state index is 11.7. The summed E-state index contributed by atoms with van der Waals surface area (Å²) in [7, 11) is 1.87. The quantitative estimate of drug-likeness (QED) is 0.786. The Morgan fingerprint density at radius 1 is 1.71 bits per heavy atom. The van der Waals surface area contributed by atoms with Gasteiger partial charge in [0.1, 0.15) is 11.1 Å². The molecule has 0 fully saturated rings. The zero-order valence-corrected chi connectivity index (χ0v) is 10.6. The molecule has 92 valence electrons. The van der Waals surface area contributed by atoms with Gasteiger partial charge in [-0.3, -0.25) is 9.69 Å². The van der Waals surface area contributed by atoms with Gasteiger partial charge in [-0.05, 0) is 38.0 Å². The van der Waals surface area contributed by atoms with Crippen LogP contribution in [0.15, 0.2) is 11.4 Å². The van der Waals surface area contributed by atoms with E-state index in [9.17, 15) is 4.79 Å².